The average molecular weight is 162 g/mol. The first-order chi connectivity index (χ1) is 4.95. The predicted molar refractivity (Wildman–Crippen MR) is 39.5 cm³/mol. The van der Waals surface area contributed by atoms with Crippen molar-refractivity contribution in [2.24, 2.45) is 5.73 Å². The number of hydrogen-bond acceptors (Lipinski definition) is 4. The zero-order valence-electron chi connectivity index (χ0n) is 6.61. The van der Waals surface area contributed by atoms with Crippen molar-refractivity contribution < 1.29 is 15.0 Å². The van der Waals surface area contributed by atoms with Crippen molar-refractivity contribution in [3.63, 3.8) is 0 Å². The van der Waals surface area contributed by atoms with Gasteiger partial charge in [0.05, 0.1) is 6.10 Å². The number of nitrogens with one attached hydrogen (secondary N) is 1. The Hall–Kier alpha value is -0.650. The molecule has 0 spiro atoms. The third-order valence-corrected chi connectivity index (χ3v) is 1.17. The van der Waals surface area contributed by atoms with Gasteiger partial charge in [-0.2, -0.15) is 0 Å². The van der Waals surface area contributed by atoms with Crippen LogP contribution < -0.4 is 11.1 Å². The van der Waals surface area contributed by atoms with Crippen LogP contribution in [0.4, 0.5) is 0 Å². The Bertz CT molecular complexity index is 136. The van der Waals surface area contributed by atoms with Crippen molar-refractivity contribution in [2.45, 2.75) is 32.2 Å². The van der Waals surface area contributed by atoms with Crippen LogP contribution in [0.2, 0.25) is 0 Å². The Labute approximate surface area is 65.2 Å². The van der Waals surface area contributed by atoms with Gasteiger partial charge in [0.15, 0.2) is 0 Å². The first-order valence-corrected chi connectivity index (χ1v) is 3.37. The second kappa shape index (κ2) is 4.27. The molecule has 0 bridgehead atoms. The molecule has 0 aromatic carbocycles. The van der Waals surface area contributed by atoms with E-state index in [0.717, 1.165) is 0 Å². The molecule has 3 atom stereocenters. The van der Waals surface area contributed by atoms with E-state index in [1.54, 1.807) is 0 Å². The van der Waals surface area contributed by atoms with Crippen molar-refractivity contribution in [1.29, 1.82) is 0 Å². The highest BCUT2D eigenvalue weighted by molar-refractivity contribution is 5.82. The number of carbonyl (C=O) groups is 1. The largest absolute Gasteiger partial charge is 0.391 e. The molecule has 0 heterocycles. The fourth-order valence-electron chi connectivity index (χ4n) is 0.521. The average Bonchev–Trinajstić information content (AvgIpc) is 1.84. The van der Waals surface area contributed by atoms with Crippen molar-refractivity contribution in [3.05, 3.63) is 0 Å². The molecule has 0 rings (SSSR count). The Morgan fingerprint density at radius 3 is 2.18 bits per heavy atom. The van der Waals surface area contributed by atoms with Crippen LogP contribution in [-0.2, 0) is 4.79 Å². The van der Waals surface area contributed by atoms with Crippen LogP contribution in [-0.4, -0.2) is 34.5 Å². The lowest BCUT2D eigenvalue weighted by Gasteiger charge is -2.15. The third kappa shape index (κ3) is 3.92. The van der Waals surface area contributed by atoms with E-state index in [1.807, 2.05) is 0 Å². The lowest BCUT2D eigenvalue weighted by molar-refractivity contribution is -0.127. The third-order valence-electron chi connectivity index (χ3n) is 1.17. The number of nitrogens with two attached hydrogens (primary N) is 1. The van der Waals surface area contributed by atoms with Gasteiger partial charge in [0, 0.05) is 0 Å². The minimum absolute atomic E-state index is 0.560. The summed E-state index contributed by atoms with van der Waals surface area (Å²) in [6.07, 6.45) is -1.85. The molecule has 0 aromatic heterocycles. The van der Waals surface area contributed by atoms with Crippen molar-refractivity contribution >= 4 is 5.91 Å². The van der Waals surface area contributed by atoms with E-state index >= 15 is 0 Å². The molecule has 5 heteroatoms. The Balaban J connectivity index is 3.83. The van der Waals surface area contributed by atoms with Gasteiger partial charge < -0.3 is 21.3 Å². The normalized spacial score (nSPS) is 18.6. The summed E-state index contributed by atoms with van der Waals surface area (Å²) in [4.78, 5) is 10.8. The van der Waals surface area contributed by atoms with Gasteiger partial charge in [-0.25, -0.2) is 0 Å². The highest BCUT2D eigenvalue weighted by Crippen LogP contribution is 1.88. The fourth-order valence-corrected chi connectivity index (χ4v) is 0.521. The quantitative estimate of drug-likeness (QED) is 0.366. The van der Waals surface area contributed by atoms with Crippen LogP contribution in [0.3, 0.4) is 0 Å². The van der Waals surface area contributed by atoms with Gasteiger partial charge in [0.1, 0.15) is 12.3 Å². The van der Waals surface area contributed by atoms with Crippen molar-refractivity contribution in [1.82, 2.24) is 5.32 Å². The number of hydrogen-bond donors (Lipinski definition) is 4. The molecule has 11 heavy (non-hydrogen) atoms. The lowest BCUT2D eigenvalue weighted by Crippen LogP contribution is -2.49. The number of aliphatic hydroxyl groups excluding tert-OH is 2. The number of carbonyl (C=O) groups excluding carboxylic acids is 1. The Morgan fingerprint density at radius 1 is 1.45 bits per heavy atom. The van der Waals surface area contributed by atoms with Crippen LogP contribution in [0.15, 0.2) is 0 Å². The smallest absolute Gasteiger partial charge is 0.241 e. The van der Waals surface area contributed by atoms with Crippen LogP contribution in [0, 0.1) is 0 Å². The molecule has 0 radical (unpaired) electrons. The van der Waals surface area contributed by atoms with Crippen LogP contribution in [0.5, 0.6) is 0 Å². The maximum absolute atomic E-state index is 10.8. The summed E-state index contributed by atoms with van der Waals surface area (Å²) in [7, 11) is 0. The van der Waals surface area contributed by atoms with E-state index in [0.29, 0.717) is 0 Å². The standard InChI is InChI=1S/C6H14N2O3/c1-3(9)5(7)6(11)8-4(2)10/h3-5,9-10H,7H2,1-2H3,(H,8,11). The molecule has 5 nitrogen and oxygen atoms in total. The molecular formula is C6H14N2O3. The van der Waals surface area contributed by atoms with Gasteiger partial charge in [0.25, 0.3) is 0 Å². The molecule has 0 saturated carbocycles. The van der Waals surface area contributed by atoms with E-state index in [1.165, 1.54) is 13.8 Å². The second-order valence-corrected chi connectivity index (χ2v) is 2.45. The molecule has 0 aliphatic rings. The van der Waals surface area contributed by atoms with E-state index < -0.39 is 24.3 Å². The van der Waals surface area contributed by atoms with Gasteiger partial charge in [-0.3, -0.25) is 4.79 Å². The van der Waals surface area contributed by atoms with E-state index in [4.69, 9.17) is 15.9 Å². The van der Waals surface area contributed by atoms with Gasteiger partial charge >= 0.3 is 0 Å². The number of rotatable bonds is 3. The summed E-state index contributed by atoms with van der Waals surface area (Å²) in [6.45, 7) is 2.80. The van der Waals surface area contributed by atoms with Crippen LogP contribution >= 0.6 is 0 Å². The molecule has 0 fully saturated rings. The van der Waals surface area contributed by atoms with Gasteiger partial charge in [-0.15, -0.1) is 0 Å². The second-order valence-electron chi connectivity index (χ2n) is 2.45. The molecule has 1 amide bonds. The summed E-state index contributed by atoms with van der Waals surface area (Å²) in [5.74, 6) is -0.560. The van der Waals surface area contributed by atoms with E-state index in [9.17, 15) is 4.79 Å². The molecule has 5 N–H and O–H groups in total. The van der Waals surface area contributed by atoms with Gasteiger partial charge in [-0.1, -0.05) is 0 Å². The van der Waals surface area contributed by atoms with E-state index in [2.05, 4.69) is 5.32 Å². The predicted octanol–water partition coefficient (Wildman–Crippen LogP) is -1.85. The van der Waals surface area contributed by atoms with Gasteiger partial charge in [0.2, 0.25) is 5.91 Å². The molecule has 3 unspecified atom stereocenters. The first-order valence-electron chi connectivity index (χ1n) is 3.37. The summed E-state index contributed by atoms with van der Waals surface area (Å²) in [6, 6.07) is -0.982. The minimum Gasteiger partial charge on any atom is -0.391 e. The summed E-state index contributed by atoms with van der Waals surface area (Å²) in [5.41, 5.74) is 5.24. The lowest BCUT2D eigenvalue weighted by atomic mass is 10.2. The number of aliphatic hydroxyl groups is 2. The maximum Gasteiger partial charge on any atom is 0.241 e. The Morgan fingerprint density at radius 2 is 1.91 bits per heavy atom. The fraction of sp³-hybridized carbons (Fsp3) is 0.833. The Kier molecular flexibility index (Phi) is 4.02. The van der Waals surface area contributed by atoms with Crippen LogP contribution in [0.1, 0.15) is 13.8 Å². The van der Waals surface area contributed by atoms with Gasteiger partial charge in [-0.05, 0) is 13.8 Å². The van der Waals surface area contributed by atoms with Crippen molar-refractivity contribution in [2.75, 3.05) is 0 Å². The molecule has 0 saturated heterocycles. The number of amides is 1. The topological polar surface area (TPSA) is 95.6 Å². The minimum atomic E-state index is -0.982. The summed E-state index contributed by atoms with van der Waals surface area (Å²) < 4.78 is 0. The molecule has 66 valence electrons. The molecule has 0 aromatic rings. The van der Waals surface area contributed by atoms with E-state index in [-0.39, 0.29) is 0 Å². The highest BCUT2D eigenvalue weighted by atomic mass is 16.3. The molecule has 0 aliphatic heterocycles. The zero-order chi connectivity index (χ0) is 9.02. The molecule has 0 aliphatic carbocycles. The zero-order valence-corrected chi connectivity index (χ0v) is 6.61. The molecular weight excluding hydrogens is 148 g/mol. The van der Waals surface area contributed by atoms with Crippen molar-refractivity contribution in [3.8, 4) is 0 Å². The summed E-state index contributed by atoms with van der Waals surface area (Å²) >= 11 is 0. The monoisotopic (exact) mass is 162 g/mol. The first kappa shape index (κ1) is 10.3. The SMILES string of the molecule is CC(O)NC(=O)C(N)C(C)O. The maximum atomic E-state index is 10.8. The summed E-state index contributed by atoms with van der Waals surface area (Å²) in [5, 5.41) is 19.7. The van der Waals surface area contributed by atoms with Crippen LogP contribution in [0.25, 0.3) is 0 Å². The highest BCUT2D eigenvalue weighted by Gasteiger charge is 2.18.